The maximum absolute atomic E-state index is 5.71. The van der Waals surface area contributed by atoms with E-state index in [0.717, 1.165) is 48.6 Å². The molecule has 0 fully saturated rings. The van der Waals surface area contributed by atoms with Crippen LogP contribution in [0.5, 0.6) is 0 Å². The Balaban J connectivity index is 2.02. The average molecular weight is 219 g/mol. The summed E-state index contributed by atoms with van der Waals surface area (Å²) in [5.41, 5.74) is 8.44. The number of hydrogen-bond acceptors (Lipinski definition) is 3. The molecule has 0 aliphatic carbocycles. The first kappa shape index (κ1) is 11.0. The molecule has 0 aliphatic heterocycles. The molecule has 1 heterocycles. The Morgan fingerprint density at radius 3 is 3.12 bits per heavy atom. The minimum absolute atomic E-state index is 0.761. The Labute approximate surface area is 94.8 Å². The number of aromatic amines is 1. The summed E-state index contributed by atoms with van der Waals surface area (Å²) in [7, 11) is 0. The van der Waals surface area contributed by atoms with Gasteiger partial charge in [-0.3, -0.25) is 0 Å². The van der Waals surface area contributed by atoms with E-state index in [1.165, 1.54) is 0 Å². The van der Waals surface area contributed by atoms with Gasteiger partial charge in [0.15, 0.2) is 0 Å². The first-order chi connectivity index (χ1) is 7.79. The van der Waals surface area contributed by atoms with Crippen molar-refractivity contribution in [3.8, 4) is 0 Å². The van der Waals surface area contributed by atoms with Gasteiger partial charge in [-0.2, -0.15) is 0 Å². The van der Waals surface area contributed by atoms with Gasteiger partial charge in [0.05, 0.1) is 11.0 Å². The molecule has 3 N–H and O–H groups in total. The molecule has 4 nitrogen and oxygen atoms in total. The fourth-order valence-electron chi connectivity index (χ4n) is 1.68. The Morgan fingerprint density at radius 1 is 1.44 bits per heavy atom. The highest BCUT2D eigenvalue weighted by Crippen LogP contribution is 2.15. The molecule has 0 bridgehead atoms. The molecule has 0 unspecified atom stereocenters. The van der Waals surface area contributed by atoms with Gasteiger partial charge in [-0.1, -0.05) is 0 Å². The predicted molar refractivity (Wildman–Crippen MR) is 65.3 cm³/mol. The van der Waals surface area contributed by atoms with Crippen LogP contribution in [0.4, 0.5) is 5.69 Å². The summed E-state index contributed by atoms with van der Waals surface area (Å²) >= 11 is 0. The normalized spacial score (nSPS) is 11.1. The predicted octanol–water partition coefficient (Wildman–Crippen LogP) is 2.11. The molecular formula is C12H17N3O. The SMILES string of the molecule is CCOCCCc1nc2ccc(N)cc2[nH]1. The molecule has 2 rings (SSSR count). The van der Waals surface area contributed by atoms with Crippen molar-refractivity contribution in [1.29, 1.82) is 0 Å². The van der Waals surface area contributed by atoms with Gasteiger partial charge in [0.25, 0.3) is 0 Å². The summed E-state index contributed by atoms with van der Waals surface area (Å²) in [5, 5.41) is 0. The number of H-pyrrole nitrogens is 1. The van der Waals surface area contributed by atoms with Gasteiger partial charge in [-0.15, -0.1) is 0 Å². The molecular weight excluding hydrogens is 202 g/mol. The van der Waals surface area contributed by atoms with Crippen LogP contribution in [0.1, 0.15) is 19.2 Å². The zero-order valence-corrected chi connectivity index (χ0v) is 9.49. The topological polar surface area (TPSA) is 63.9 Å². The minimum Gasteiger partial charge on any atom is -0.399 e. The highest BCUT2D eigenvalue weighted by atomic mass is 16.5. The molecule has 0 aliphatic rings. The molecule has 0 saturated heterocycles. The van der Waals surface area contributed by atoms with Crippen LogP contribution in [0.2, 0.25) is 0 Å². The molecule has 0 amide bonds. The number of aromatic nitrogens is 2. The van der Waals surface area contributed by atoms with E-state index < -0.39 is 0 Å². The van der Waals surface area contributed by atoms with Gasteiger partial charge >= 0.3 is 0 Å². The van der Waals surface area contributed by atoms with E-state index in [1.807, 2.05) is 25.1 Å². The van der Waals surface area contributed by atoms with Gasteiger partial charge in [-0.25, -0.2) is 4.98 Å². The molecule has 2 aromatic rings. The summed E-state index contributed by atoms with van der Waals surface area (Å²) < 4.78 is 5.29. The molecule has 0 radical (unpaired) electrons. The number of ether oxygens (including phenoxy) is 1. The van der Waals surface area contributed by atoms with Crippen LogP contribution in [-0.4, -0.2) is 23.2 Å². The van der Waals surface area contributed by atoms with E-state index in [4.69, 9.17) is 10.5 Å². The second kappa shape index (κ2) is 4.99. The maximum atomic E-state index is 5.71. The third-order valence-corrected chi connectivity index (χ3v) is 2.46. The monoisotopic (exact) mass is 219 g/mol. The Kier molecular flexibility index (Phi) is 3.41. The lowest BCUT2D eigenvalue weighted by molar-refractivity contribution is 0.145. The van der Waals surface area contributed by atoms with E-state index >= 15 is 0 Å². The number of benzene rings is 1. The molecule has 86 valence electrons. The number of nitrogens with one attached hydrogen (secondary N) is 1. The Morgan fingerprint density at radius 2 is 2.31 bits per heavy atom. The van der Waals surface area contributed by atoms with Crippen LogP contribution in [0.15, 0.2) is 18.2 Å². The zero-order valence-electron chi connectivity index (χ0n) is 9.49. The fraction of sp³-hybridized carbons (Fsp3) is 0.417. The number of anilines is 1. The van der Waals surface area contributed by atoms with Gasteiger partial charge in [-0.05, 0) is 31.5 Å². The van der Waals surface area contributed by atoms with Crippen molar-refractivity contribution in [2.75, 3.05) is 18.9 Å². The van der Waals surface area contributed by atoms with E-state index in [-0.39, 0.29) is 0 Å². The molecule has 4 heteroatoms. The average Bonchev–Trinajstić information content (AvgIpc) is 2.66. The van der Waals surface area contributed by atoms with Crippen molar-refractivity contribution in [2.45, 2.75) is 19.8 Å². The van der Waals surface area contributed by atoms with Crippen LogP contribution >= 0.6 is 0 Å². The third-order valence-electron chi connectivity index (χ3n) is 2.46. The van der Waals surface area contributed by atoms with Crippen LogP contribution < -0.4 is 5.73 Å². The number of nitrogens with two attached hydrogens (primary N) is 1. The van der Waals surface area contributed by atoms with Crippen LogP contribution in [0.25, 0.3) is 11.0 Å². The standard InChI is InChI=1S/C12H17N3O/c1-2-16-7-3-4-12-14-10-6-5-9(13)8-11(10)15-12/h5-6,8H,2-4,7,13H2,1H3,(H,14,15). The van der Waals surface area contributed by atoms with E-state index in [9.17, 15) is 0 Å². The van der Waals surface area contributed by atoms with Crippen molar-refractivity contribution in [2.24, 2.45) is 0 Å². The van der Waals surface area contributed by atoms with Gasteiger partial charge < -0.3 is 15.5 Å². The maximum Gasteiger partial charge on any atom is 0.107 e. The molecule has 0 spiro atoms. The van der Waals surface area contributed by atoms with Gasteiger partial charge in [0, 0.05) is 25.3 Å². The lowest BCUT2D eigenvalue weighted by atomic mass is 10.3. The minimum atomic E-state index is 0.761. The smallest absolute Gasteiger partial charge is 0.107 e. The highest BCUT2D eigenvalue weighted by molar-refractivity contribution is 5.78. The van der Waals surface area contributed by atoms with E-state index in [0.29, 0.717) is 0 Å². The molecule has 0 saturated carbocycles. The number of fused-ring (bicyclic) bond motifs is 1. The van der Waals surface area contributed by atoms with E-state index in [2.05, 4.69) is 9.97 Å². The quantitative estimate of drug-likeness (QED) is 0.598. The first-order valence-corrected chi connectivity index (χ1v) is 5.61. The number of nitrogens with zero attached hydrogens (tertiary/aromatic N) is 1. The Bertz CT molecular complexity index is 464. The number of hydrogen-bond donors (Lipinski definition) is 2. The van der Waals surface area contributed by atoms with Crippen LogP contribution in [-0.2, 0) is 11.2 Å². The Hall–Kier alpha value is -1.55. The number of rotatable bonds is 5. The summed E-state index contributed by atoms with van der Waals surface area (Å²) in [5.74, 6) is 1.00. The second-order valence-corrected chi connectivity index (χ2v) is 3.76. The summed E-state index contributed by atoms with van der Waals surface area (Å²) in [4.78, 5) is 7.75. The zero-order chi connectivity index (χ0) is 11.4. The summed E-state index contributed by atoms with van der Waals surface area (Å²) in [6.45, 7) is 3.57. The lowest BCUT2D eigenvalue weighted by Crippen LogP contribution is -1.96. The van der Waals surface area contributed by atoms with Crippen molar-refractivity contribution >= 4 is 16.7 Å². The van der Waals surface area contributed by atoms with Crippen molar-refractivity contribution in [3.63, 3.8) is 0 Å². The number of aryl methyl sites for hydroxylation is 1. The van der Waals surface area contributed by atoms with Crippen molar-refractivity contribution in [3.05, 3.63) is 24.0 Å². The second-order valence-electron chi connectivity index (χ2n) is 3.76. The van der Waals surface area contributed by atoms with Crippen LogP contribution in [0.3, 0.4) is 0 Å². The van der Waals surface area contributed by atoms with E-state index in [1.54, 1.807) is 0 Å². The van der Waals surface area contributed by atoms with Gasteiger partial charge in [0.2, 0.25) is 0 Å². The summed E-state index contributed by atoms with van der Waals surface area (Å²) in [6, 6.07) is 5.72. The molecule has 0 atom stereocenters. The van der Waals surface area contributed by atoms with Gasteiger partial charge in [0.1, 0.15) is 5.82 Å². The van der Waals surface area contributed by atoms with Crippen molar-refractivity contribution < 1.29 is 4.74 Å². The van der Waals surface area contributed by atoms with Crippen LogP contribution in [0, 0.1) is 0 Å². The number of nitrogen functional groups attached to an aromatic ring is 1. The molecule has 16 heavy (non-hydrogen) atoms. The van der Waals surface area contributed by atoms with Crippen molar-refractivity contribution in [1.82, 2.24) is 9.97 Å². The number of imidazole rings is 1. The third kappa shape index (κ3) is 2.52. The highest BCUT2D eigenvalue weighted by Gasteiger charge is 2.02. The lowest BCUT2D eigenvalue weighted by Gasteiger charge is -1.98. The first-order valence-electron chi connectivity index (χ1n) is 5.61. The largest absolute Gasteiger partial charge is 0.399 e. The summed E-state index contributed by atoms with van der Waals surface area (Å²) in [6.07, 6.45) is 1.90. The fourth-order valence-corrected chi connectivity index (χ4v) is 1.68. The molecule has 1 aromatic heterocycles. The molecule has 1 aromatic carbocycles.